The molecule has 49 heavy (non-hydrogen) atoms. The highest BCUT2D eigenvalue weighted by Crippen LogP contribution is 2.41. The van der Waals surface area contributed by atoms with Gasteiger partial charge >= 0.3 is 0 Å². The lowest BCUT2D eigenvalue weighted by atomic mass is 9.94. The zero-order chi connectivity index (χ0) is 32.3. The second-order valence-corrected chi connectivity index (χ2v) is 12.3. The molecule has 0 aliphatic rings. The number of pyridine rings is 1. The van der Waals surface area contributed by atoms with Gasteiger partial charge < -0.3 is 4.42 Å². The Hall–Kier alpha value is -6.72. The number of nitrogens with zero attached hydrogens (tertiary/aromatic N) is 4. The Morgan fingerprint density at radius 2 is 1.02 bits per heavy atom. The molecule has 0 amide bonds. The van der Waals surface area contributed by atoms with Crippen LogP contribution in [0.1, 0.15) is 0 Å². The number of benzene rings is 7. The van der Waals surface area contributed by atoms with Gasteiger partial charge in [0.1, 0.15) is 5.58 Å². The molecule has 0 N–H and O–H groups in total. The maximum atomic E-state index is 6.45. The molecule has 0 aliphatic carbocycles. The Kier molecular flexibility index (Phi) is 6.11. The summed E-state index contributed by atoms with van der Waals surface area (Å²) in [5.74, 6) is 1.90. The van der Waals surface area contributed by atoms with Crippen molar-refractivity contribution in [3.63, 3.8) is 0 Å². The Labute approximate surface area is 281 Å². The molecule has 0 aliphatic heterocycles. The summed E-state index contributed by atoms with van der Waals surface area (Å²) in [6.45, 7) is 0. The minimum Gasteiger partial charge on any atom is -0.454 e. The number of furan rings is 1. The van der Waals surface area contributed by atoms with E-state index in [2.05, 4.69) is 120 Å². The van der Waals surface area contributed by atoms with Crippen LogP contribution in [0.5, 0.6) is 0 Å². The van der Waals surface area contributed by atoms with Crippen LogP contribution in [0.15, 0.2) is 162 Å². The standard InChI is InChI=1S/C44H26N4O/c1-2-11-29(12-3-1)42-46-43(32-18-17-27-9-4-5-13-30(27)23-32)48-44(47-42)33-20-21-34-31(24-33)14-8-16-36(34)38-25-45-26-39-40(38)37-22-19-28-10-6-7-15-35(28)41(37)49-39/h1-26H. The first kappa shape index (κ1) is 27.4. The van der Waals surface area contributed by atoms with E-state index < -0.39 is 0 Å². The predicted molar refractivity (Wildman–Crippen MR) is 199 cm³/mol. The molecular formula is C44H26N4O. The van der Waals surface area contributed by atoms with Crippen LogP contribution in [0.2, 0.25) is 0 Å². The minimum absolute atomic E-state index is 0.626. The molecular weight excluding hydrogens is 601 g/mol. The molecule has 0 saturated heterocycles. The SMILES string of the molecule is c1ccc(-c2nc(-c3ccc4ccccc4c3)nc(-c3ccc4c(-c5cncc6oc7c8ccccc8ccc7c56)cccc4c3)n2)cc1. The fraction of sp³-hybridized carbons (Fsp3) is 0. The van der Waals surface area contributed by atoms with Crippen molar-refractivity contribution in [3.8, 4) is 45.3 Å². The van der Waals surface area contributed by atoms with Crippen LogP contribution < -0.4 is 0 Å². The maximum absolute atomic E-state index is 6.45. The highest BCUT2D eigenvalue weighted by molar-refractivity contribution is 6.20. The number of hydrogen-bond donors (Lipinski definition) is 0. The summed E-state index contributed by atoms with van der Waals surface area (Å²) in [6.07, 6.45) is 3.76. The van der Waals surface area contributed by atoms with E-state index in [0.717, 1.165) is 76.7 Å². The van der Waals surface area contributed by atoms with E-state index >= 15 is 0 Å². The van der Waals surface area contributed by atoms with Crippen molar-refractivity contribution in [2.24, 2.45) is 0 Å². The molecule has 0 radical (unpaired) electrons. The van der Waals surface area contributed by atoms with Crippen molar-refractivity contribution in [2.45, 2.75) is 0 Å². The molecule has 228 valence electrons. The van der Waals surface area contributed by atoms with Gasteiger partial charge in [-0.05, 0) is 50.7 Å². The van der Waals surface area contributed by atoms with Gasteiger partial charge in [-0.3, -0.25) is 4.98 Å². The normalized spacial score (nSPS) is 11.7. The zero-order valence-electron chi connectivity index (χ0n) is 26.2. The lowest BCUT2D eigenvalue weighted by Gasteiger charge is -2.11. The summed E-state index contributed by atoms with van der Waals surface area (Å²) in [5, 5.41) is 8.92. The predicted octanol–water partition coefficient (Wildman–Crippen LogP) is 11.3. The highest BCUT2D eigenvalue weighted by atomic mass is 16.3. The van der Waals surface area contributed by atoms with Gasteiger partial charge in [0.15, 0.2) is 23.1 Å². The molecule has 10 rings (SSSR count). The van der Waals surface area contributed by atoms with Crippen LogP contribution in [0.25, 0.3) is 99.5 Å². The van der Waals surface area contributed by atoms with E-state index in [0.29, 0.717) is 17.5 Å². The second-order valence-electron chi connectivity index (χ2n) is 12.3. The topological polar surface area (TPSA) is 64.7 Å². The van der Waals surface area contributed by atoms with Crippen molar-refractivity contribution in [1.82, 2.24) is 19.9 Å². The molecule has 5 heteroatoms. The van der Waals surface area contributed by atoms with Crippen LogP contribution in [-0.2, 0) is 0 Å². The van der Waals surface area contributed by atoms with Crippen LogP contribution in [0.3, 0.4) is 0 Å². The third-order valence-electron chi connectivity index (χ3n) is 9.38. The average Bonchev–Trinajstić information content (AvgIpc) is 3.57. The third-order valence-corrected chi connectivity index (χ3v) is 9.38. The summed E-state index contributed by atoms with van der Waals surface area (Å²) in [5.41, 5.74) is 6.60. The monoisotopic (exact) mass is 626 g/mol. The Bertz CT molecular complexity index is 2890. The third kappa shape index (κ3) is 4.55. The molecule has 3 aromatic heterocycles. The van der Waals surface area contributed by atoms with Gasteiger partial charge in [0.05, 0.1) is 6.20 Å². The summed E-state index contributed by atoms with van der Waals surface area (Å²) < 4.78 is 6.45. The fourth-order valence-electron chi connectivity index (χ4n) is 7.00. The van der Waals surface area contributed by atoms with Gasteiger partial charge in [0.2, 0.25) is 0 Å². The second kappa shape index (κ2) is 10.9. The first-order valence-corrected chi connectivity index (χ1v) is 16.3. The maximum Gasteiger partial charge on any atom is 0.164 e. The van der Waals surface area contributed by atoms with Gasteiger partial charge in [-0.2, -0.15) is 0 Å². The van der Waals surface area contributed by atoms with Gasteiger partial charge in [-0.15, -0.1) is 0 Å². The first-order valence-electron chi connectivity index (χ1n) is 16.3. The molecule has 0 spiro atoms. The smallest absolute Gasteiger partial charge is 0.164 e. The van der Waals surface area contributed by atoms with Crippen LogP contribution >= 0.6 is 0 Å². The number of fused-ring (bicyclic) bond motifs is 7. The highest BCUT2D eigenvalue weighted by Gasteiger charge is 2.18. The fourth-order valence-corrected chi connectivity index (χ4v) is 7.00. The summed E-state index contributed by atoms with van der Waals surface area (Å²) in [6, 6.07) is 50.3. The summed E-state index contributed by atoms with van der Waals surface area (Å²) >= 11 is 0. The number of hydrogen-bond acceptors (Lipinski definition) is 5. The molecule has 5 nitrogen and oxygen atoms in total. The molecule has 3 heterocycles. The van der Waals surface area contributed by atoms with E-state index in [1.807, 2.05) is 42.7 Å². The Morgan fingerprint density at radius 3 is 1.86 bits per heavy atom. The molecule has 0 fully saturated rings. The van der Waals surface area contributed by atoms with Crippen LogP contribution in [0, 0.1) is 0 Å². The molecule has 0 bridgehead atoms. The van der Waals surface area contributed by atoms with Crippen LogP contribution in [-0.4, -0.2) is 19.9 Å². The van der Waals surface area contributed by atoms with Gasteiger partial charge in [-0.1, -0.05) is 127 Å². The lowest BCUT2D eigenvalue weighted by Crippen LogP contribution is -2.00. The minimum atomic E-state index is 0.626. The Morgan fingerprint density at radius 1 is 0.388 bits per heavy atom. The van der Waals surface area contributed by atoms with E-state index in [1.165, 1.54) is 5.39 Å². The van der Waals surface area contributed by atoms with Gasteiger partial charge in [-0.25, -0.2) is 15.0 Å². The van der Waals surface area contributed by atoms with E-state index in [1.54, 1.807) is 0 Å². The van der Waals surface area contributed by atoms with Gasteiger partial charge in [0.25, 0.3) is 0 Å². The largest absolute Gasteiger partial charge is 0.454 e. The van der Waals surface area contributed by atoms with Crippen molar-refractivity contribution in [1.29, 1.82) is 0 Å². The summed E-state index contributed by atoms with van der Waals surface area (Å²) in [4.78, 5) is 19.6. The number of rotatable bonds is 4. The van der Waals surface area contributed by atoms with E-state index in [9.17, 15) is 0 Å². The summed E-state index contributed by atoms with van der Waals surface area (Å²) in [7, 11) is 0. The number of aromatic nitrogens is 4. The van der Waals surface area contributed by atoms with E-state index in [-0.39, 0.29) is 0 Å². The average molecular weight is 627 g/mol. The molecule has 0 saturated carbocycles. The van der Waals surface area contributed by atoms with Crippen LogP contribution in [0.4, 0.5) is 0 Å². The first-order chi connectivity index (χ1) is 24.3. The zero-order valence-corrected chi connectivity index (χ0v) is 26.2. The van der Waals surface area contributed by atoms with Crippen molar-refractivity contribution in [3.05, 3.63) is 158 Å². The molecule has 7 aromatic carbocycles. The van der Waals surface area contributed by atoms with Gasteiger partial charge in [0, 0.05) is 44.6 Å². The lowest BCUT2D eigenvalue weighted by molar-refractivity contribution is 0.670. The quantitative estimate of drug-likeness (QED) is 0.194. The van der Waals surface area contributed by atoms with Crippen molar-refractivity contribution >= 4 is 54.3 Å². The van der Waals surface area contributed by atoms with Crippen molar-refractivity contribution < 1.29 is 4.42 Å². The molecule has 0 unspecified atom stereocenters. The molecule has 10 aromatic rings. The molecule has 0 atom stereocenters. The van der Waals surface area contributed by atoms with E-state index in [4.69, 9.17) is 19.4 Å². The van der Waals surface area contributed by atoms with Crippen molar-refractivity contribution in [2.75, 3.05) is 0 Å². The Balaban J connectivity index is 1.14.